The molecule has 0 saturated heterocycles. The predicted octanol–water partition coefficient (Wildman–Crippen LogP) is 3.63. The first-order valence-electron chi connectivity index (χ1n) is 5.97. The van der Waals surface area contributed by atoms with Crippen molar-refractivity contribution in [3.63, 3.8) is 0 Å². The minimum Gasteiger partial charge on any atom is -0.366 e. The zero-order valence-electron chi connectivity index (χ0n) is 10.7. The fraction of sp³-hybridized carbons (Fsp3) is 0.125. The fourth-order valence-electron chi connectivity index (χ4n) is 1.71. The van der Waals surface area contributed by atoms with Crippen LogP contribution < -0.4 is 0 Å². The molecule has 21 heavy (non-hydrogen) atoms. The van der Waals surface area contributed by atoms with Gasteiger partial charge in [0.15, 0.2) is 0 Å². The summed E-state index contributed by atoms with van der Waals surface area (Å²) in [7, 11) is 0. The second kappa shape index (κ2) is 5.58. The van der Waals surface area contributed by atoms with E-state index in [2.05, 4.69) is 5.92 Å². The smallest absolute Gasteiger partial charge is 0.366 e. The van der Waals surface area contributed by atoms with Crippen molar-refractivity contribution in [1.29, 1.82) is 0 Å². The largest absolute Gasteiger partial charge is 0.433 e. The van der Waals surface area contributed by atoms with Gasteiger partial charge < -0.3 is 5.11 Å². The fourth-order valence-corrected chi connectivity index (χ4v) is 1.71. The molecule has 0 fully saturated rings. The van der Waals surface area contributed by atoms with Crippen LogP contribution in [-0.4, -0.2) is 11.3 Å². The van der Waals surface area contributed by atoms with E-state index in [-0.39, 0.29) is 5.56 Å². The van der Waals surface area contributed by atoms with Crippen LogP contribution in [0.5, 0.6) is 0 Å². The van der Waals surface area contributed by atoms with E-state index >= 15 is 0 Å². The molecule has 1 N–H and O–H groups in total. The zero-order valence-corrected chi connectivity index (χ0v) is 10.7. The monoisotopic (exact) mass is 294 g/mol. The number of alkyl halides is 3. The standard InChI is InChI=1S/C16H10F4O/c17-14-9-5-4-6-12(14)10-11-15(21,16(18,19)20)13-7-2-1-3-8-13/h1-9,21H/t15-/m1/s1. The number of benzene rings is 2. The van der Waals surface area contributed by atoms with Crippen molar-refractivity contribution < 1.29 is 22.7 Å². The maximum Gasteiger partial charge on any atom is 0.433 e. The van der Waals surface area contributed by atoms with Crippen LogP contribution in [-0.2, 0) is 5.60 Å². The molecule has 0 bridgehead atoms. The summed E-state index contributed by atoms with van der Waals surface area (Å²) in [4.78, 5) is 0. The third-order valence-electron chi connectivity index (χ3n) is 2.85. The van der Waals surface area contributed by atoms with Crippen LogP contribution in [0.4, 0.5) is 17.6 Å². The lowest BCUT2D eigenvalue weighted by atomic mass is 9.93. The minimum atomic E-state index is -5.01. The Kier molecular flexibility index (Phi) is 4.01. The summed E-state index contributed by atoms with van der Waals surface area (Å²) in [5.74, 6) is 3.07. The van der Waals surface area contributed by atoms with Gasteiger partial charge in [-0.25, -0.2) is 4.39 Å². The Morgan fingerprint density at radius 2 is 1.43 bits per heavy atom. The molecule has 1 atom stereocenters. The van der Waals surface area contributed by atoms with Crippen molar-refractivity contribution in [3.05, 3.63) is 71.5 Å². The van der Waals surface area contributed by atoms with E-state index in [1.54, 1.807) is 5.92 Å². The van der Waals surface area contributed by atoms with Gasteiger partial charge in [0.25, 0.3) is 0 Å². The van der Waals surface area contributed by atoms with Gasteiger partial charge in [0, 0.05) is 5.56 Å². The number of aliphatic hydroxyl groups is 1. The Hall–Kier alpha value is -2.32. The maximum atomic E-state index is 13.4. The topological polar surface area (TPSA) is 20.2 Å². The van der Waals surface area contributed by atoms with Crippen LogP contribution in [0.25, 0.3) is 0 Å². The average Bonchev–Trinajstić information content (AvgIpc) is 2.46. The molecule has 2 aromatic rings. The van der Waals surface area contributed by atoms with Crippen molar-refractivity contribution in [3.8, 4) is 11.8 Å². The van der Waals surface area contributed by atoms with Crippen molar-refractivity contribution in [1.82, 2.24) is 0 Å². The zero-order chi connectivity index (χ0) is 15.5. The molecule has 0 spiro atoms. The van der Waals surface area contributed by atoms with Crippen LogP contribution in [0.1, 0.15) is 11.1 Å². The molecule has 0 heterocycles. The highest BCUT2D eigenvalue weighted by molar-refractivity contribution is 5.41. The molecular formula is C16H10F4O. The lowest BCUT2D eigenvalue weighted by molar-refractivity contribution is -0.240. The van der Waals surface area contributed by atoms with E-state index < -0.39 is 23.2 Å². The number of rotatable bonds is 1. The molecule has 2 aromatic carbocycles. The van der Waals surface area contributed by atoms with Gasteiger partial charge in [0.1, 0.15) is 5.82 Å². The SMILES string of the molecule is O[C@](C#Cc1ccccc1F)(c1ccccc1)C(F)(F)F. The van der Waals surface area contributed by atoms with E-state index in [1.165, 1.54) is 36.4 Å². The Labute approximate surface area is 118 Å². The number of halogens is 4. The molecule has 1 nitrogen and oxygen atoms in total. The maximum absolute atomic E-state index is 13.4. The normalized spacial score (nSPS) is 14.0. The van der Waals surface area contributed by atoms with Crippen molar-refractivity contribution in [2.45, 2.75) is 11.8 Å². The van der Waals surface area contributed by atoms with Crippen LogP contribution in [0.15, 0.2) is 54.6 Å². The highest BCUT2D eigenvalue weighted by atomic mass is 19.4. The molecule has 5 heteroatoms. The van der Waals surface area contributed by atoms with Crippen LogP contribution >= 0.6 is 0 Å². The predicted molar refractivity (Wildman–Crippen MR) is 69.7 cm³/mol. The molecule has 0 aliphatic heterocycles. The molecule has 0 amide bonds. The van der Waals surface area contributed by atoms with Crippen LogP contribution in [0.3, 0.4) is 0 Å². The lowest BCUT2D eigenvalue weighted by Gasteiger charge is -2.25. The second-order valence-corrected chi connectivity index (χ2v) is 4.30. The molecule has 0 aromatic heterocycles. The Morgan fingerprint density at radius 1 is 0.857 bits per heavy atom. The Morgan fingerprint density at radius 3 is 2.00 bits per heavy atom. The summed E-state index contributed by atoms with van der Waals surface area (Å²) in [6, 6.07) is 11.6. The minimum absolute atomic E-state index is 0.212. The van der Waals surface area contributed by atoms with Crippen molar-refractivity contribution >= 4 is 0 Å². The molecule has 0 saturated carbocycles. The third-order valence-corrected chi connectivity index (χ3v) is 2.85. The molecular weight excluding hydrogens is 284 g/mol. The van der Waals surface area contributed by atoms with Gasteiger partial charge in [0.2, 0.25) is 5.60 Å². The second-order valence-electron chi connectivity index (χ2n) is 4.30. The van der Waals surface area contributed by atoms with Gasteiger partial charge >= 0.3 is 6.18 Å². The Balaban J connectivity index is 2.53. The van der Waals surface area contributed by atoms with E-state index in [4.69, 9.17) is 0 Å². The van der Waals surface area contributed by atoms with Gasteiger partial charge in [-0.05, 0) is 18.1 Å². The van der Waals surface area contributed by atoms with Gasteiger partial charge in [-0.15, -0.1) is 0 Å². The van der Waals surface area contributed by atoms with Crippen LogP contribution in [0.2, 0.25) is 0 Å². The molecule has 2 rings (SSSR count). The van der Waals surface area contributed by atoms with Crippen LogP contribution in [0, 0.1) is 17.7 Å². The van der Waals surface area contributed by atoms with Gasteiger partial charge in [-0.3, -0.25) is 0 Å². The molecule has 0 aliphatic rings. The molecule has 0 aliphatic carbocycles. The first kappa shape index (κ1) is 15.1. The number of hydrogen-bond donors (Lipinski definition) is 1. The van der Waals surface area contributed by atoms with Gasteiger partial charge in [0.05, 0.1) is 5.56 Å². The molecule has 108 valence electrons. The van der Waals surface area contributed by atoms with E-state index in [1.807, 2.05) is 0 Å². The van der Waals surface area contributed by atoms with Crippen molar-refractivity contribution in [2.24, 2.45) is 0 Å². The van der Waals surface area contributed by atoms with Crippen molar-refractivity contribution in [2.75, 3.05) is 0 Å². The summed E-state index contributed by atoms with van der Waals surface area (Å²) >= 11 is 0. The first-order chi connectivity index (χ1) is 9.84. The number of hydrogen-bond acceptors (Lipinski definition) is 1. The van der Waals surface area contributed by atoms with E-state index in [0.29, 0.717) is 0 Å². The highest BCUT2D eigenvalue weighted by Crippen LogP contribution is 2.38. The van der Waals surface area contributed by atoms with Gasteiger partial charge in [-0.2, -0.15) is 13.2 Å². The molecule has 0 radical (unpaired) electrons. The summed E-state index contributed by atoms with van der Waals surface area (Å²) in [5, 5.41) is 9.95. The summed E-state index contributed by atoms with van der Waals surface area (Å²) < 4.78 is 52.8. The summed E-state index contributed by atoms with van der Waals surface area (Å²) in [6.45, 7) is 0. The average molecular weight is 294 g/mol. The molecule has 0 unspecified atom stereocenters. The summed E-state index contributed by atoms with van der Waals surface area (Å²) in [5.41, 5.74) is -3.98. The quantitative estimate of drug-likeness (QED) is 0.629. The highest BCUT2D eigenvalue weighted by Gasteiger charge is 2.54. The van der Waals surface area contributed by atoms with E-state index in [0.717, 1.165) is 18.2 Å². The van der Waals surface area contributed by atoms with Gasteiger partial charge in [-0.1, -0.05) is 48.4 Å². The lowest BCUT2D eigenvalue weighted by Crippen LogP contribution is -2.41. The first-order valence-corrected chi connectivity index (χ1v) is 5.97. The third kappa shape index (κ3) is 3.06. The summed E-state index contributed by atoms with van der Waals surface area (Å²) in [6.07, 6.45) is -5.01. The Bertz CT molecular complexity index is 683. The van der Waals surface area contributed by atoms with E-state index in [9.17, 15) is 22.7 Å².